The van der Waals surface area contributed by atoms with Crippen LogP contribution in [0.3, 0.4) is 0 Å². The van der Waals surface area contributed by atoms with Crippen molar-refractivity contribution in [3.8, 4) is 0 Å². The van der Waals surface area contributed by atoms with Gasteiger partial charge in [0.2, 0.25) is 0 Å². The van der Waals surface area contributed by atoms with Gasteiger partial charge >= 0.3 is 6.09 Å². The van der Waals surface area contributed by atoms with E-state index in [4.69, 9.17) is 4.74 Å². The van der Waals surface area contributed by atoms with E-state index in [-0.39, 0.29) is 18.7 Å². The lowest BCUT2D eigenvalue weighted by Gasteiger charge is -2.28. The number of aliphatic hydroxyl groups is 1. The van der Waals surface area contributed by atoms with Crippen molar-refractivity contribution in [3.63, 3.8) is 0 Å². The molecule has 1 aromatic heterocycles. The normalized spacial score (nSPS) is 18.0. The quantitative estimate of drug-likeness (QED) is 0.628. The van der Waals surface area contributed by atoms with E-state index in [0.717, 1.165) is 39.3 Å². The molecule has 1 aliphatic rings. The van der Waals surface area contributed by atoms with Crippen molar-refractivity contribution < 1.29 is 14.6 Å². The third kappa shape index (κ3) is 3.73. The highest BCUT2D eigenvalue weighted by atomic mass is 79.9. The van der Waals surface area contributed by atoms with Gasteiger partial charge in [-0.05, 0) is 36.6 Å². The SMILES string of the molecule is O=C(OCc1ccccc1)N1CCCC1[C@@H](O)c1c[nH]c2ccc(Br)cc12. The molecule has 6 heteroatoms. The van der Waals surface area contributed by atoms with Gasteiger partial charge in [-0.1, -0.05) is 46.3 Å². The summed E-state index contributed by atoms with van der Waals surface area (Å²) < 4.78 is 6.43. The lowest BCUT2D eigenvalue weighted by Crippen LogP contribution is -2.39. The number of aromatic nitrogens is 1. The van der Waals surface area contributed by atoms with Gasteiger partial charge in [0.15, 0.2) is 0 Å². The Morgan fingerprint density at radius 1 is 1.30 bits per heavy atom. The van der Waals surface area contributed by atoms with Crippen LogP contribution >= 0.6 is 15.9 Å². The Bertz CT molecular complexity index is 941. The third-order valence-electron chi connectivity index (χ3n) is 5.10. The van der Waals surface area contributed by atoms with E-state index >= 15 is 0 Å². The molecule has 0 aliphatic carbocycles. The number of carbonyl (C=O) groups is 1. The van der Waals surface area contributed by atoms with Gasteiger partial charge in [-0.25, -0.2) is 4.79 Å². The van der Waals surface area contributed by atoms with Crippen LogP contribution in [-0.2, 0) is 11.3 Å². The van der Waals surface area contributed by atoms with Gasteiger partial charge < -0.3 is 19.7 Å². The van der Waals surface area contributed by atoms with Crippen molar-refractivity contribution in [2.24, 2.45) is 0 Å². The molecular weight excluding hydrogens is 408 g/mol. The number of fused-ring (bicyclic) bond motifs is 1. The van der Waals surface area contributed by atoms with Crippen LogP contribution in [-0.4, -0.2) is 33.7 Å². The summed E-state index contributed by atoms with van der Waals surface area (Å²) >= 11 is 3.48. The zero-order valence-corrected chi connectivity index (χ0v) is 16.4. The number of nitrogens with one attached hydrogen (secondary N) is 1. The van der Waals surface area contributed by atoms with E-state index in [1.54, 1.807) is 4.90 Å². The number of nitrogens with zero attached hydrogens (tertiary/aromatic N) is 1. The summed E-state index contributed by atoms with van der Waals surface area (Å²) in [5, 5.41) is 12.0. The first-order valence-corrected chi connectivity index (χ1v) is 9.85. The molecule has 1 amide bonds. The second kappa shape index (κ2) is 7.74. The molecule has 2 aromatic carbocycles. The molecule has 27 heavy (non-hydrogen) atoms. The molecule has 1 fully saturated rings. The second-order valence-corrected chi connectivity index (χ2v) is 7.74. The summed E-state index contributed by atoms with van der Waals surface area (Å²) in [7, 11) is 0. The molecule has 0 radical (unpaired) electrons. The Morgan fingerprint density at radius 2 is 2.11 bits per heavy atom. The Labute approximate surface area is 166 Å². The summed E-state index contributed by atoms with van der Waals surface area (Å²) in [4.78, 5) is 17.5. The average Bonchev–Trinajstić information content (AvgIpc) is 3.33. The average molecular weight is 429 g/mol. The molecule has 5 nitrogen and oxygen atoms in total. The van der Waals surface area contributed by atoms with Gasteiger partial charge in [-0.15, -0.1) is 0 Å². The summed E-state index contributed by atoms with van der Waals surface area (Å²) in [6.45, 7) is 0.834. The molecular formula is C21H21BrN2O3. The zero-order valence-electron chi connectivity index (χ0n) is 14.8. The highest BCUT2D eigenvalue weighted by Crippen LogP contribution is 2.34. The number of ether oxygens (including phenoxy) is 1. The molecule has 0 saturated carbocycles. The van der Waals surface area contributed by atoms with Crippen LogP contribution < -0.4 is 0 Å². The maximum atomic E-state index is 12.6. The fourth-order valence-corrected chi connectivity index (χ4v) is 4.08. The molecule has 1 aliphatic heterocycles. The fraction of sp³-hybridized carbons (Fsp3) is 0.286. The maximum absolute atomic E-state index is 12.6. The number of halogens is 1. The van der Waals surface area contributed by atoms with Gasteiger partial charge in [-0.3, -0.25) is 0 Å². The summed E-state index contributed by atoms with van der Waals surface area (Å²) in [6.07, 6.45) is 2.30. The highest BCUT2D eigenvalue weighted by Gasteiger charge is 2.36. The molecule has 1 saturated heterocycles. The van der Waals surface area contributed by atoms with Gasteiger partial charge in [-0.2, -0.15) is 0 Å². The number of H-pyrrole nitrogens is 1. The summed E-state index contributed by atoms with van der Waals surface area (Å²) in [6, 6.07) is 15.2. The molecule has 0 spiro atoms. The largest absolute Gasteiger partial charge is 0.445 e. The van der Waals surface area contributed by atoms with E-state index < -0.39 is 6.10 Å². The molecule has 2 atom stereocenters. The number of amides is 1. The number of carbonyl (C=O) groups excluding carboxylic acids is 1. The van der Waals surface area contributed by atoms with Gasteiger partial charge in [0.1, 0.15) is 12.7 Å². The smallest absolute Gasteiger partial charge is 0.410 e. The van der Waals surface area contributed by atoms with Crippen LogP contribution in [0.2, 0.25) is 0 Å². The fourth-order valence-electron chi connectivity index (χ4n) is 3.72. The molecule has 2 heterocycles. The van der Waals surface area contributed by atoms with Crippen molar-refractivity contribution >= 4 is 32.9 Å². The van der Waals surface area contributed by atoms with Crippen LogP contribution in [0.1, 0.15) is 30.1 Å². The Hall–Kier alpha value is -2.31. The van der Waals surface area contributed by atoms with E-state index in [1.807, 2.05) is 54.7 Å². The van der Waals surface area contributed by atoms with Crippen LogP contribution in [0, 0.1) is 0 Å². The molecule has 0 bridgehead atoms. The minimum atomic E-state index is -0.764. The van der Waals surface area contributed by atoms with Crippen molar-refractivity contribution in [3.05, 3.63) is 70.3 Å². The predicted molar refractivity (Wildman–Crippen MR) is 107 cm³/mol. The minimum absolute atomic E-state index is 0.235. The molecule has 3 aromatic rings. The number of aliphatic hydroxyl groups excluding tert-OH is 1. The van der Waals surface area contributed by atoms with Gasteiger partial charge in [0.25, 0.3) is 0 Å². The summed E-state index contributed by atoms with van der Waals surface area (Å²) in [5.41, 5.74) is 2.71. The van der Waals surface area contributed by atoms with Gasteiger partial charge in [0, 0.05) is 33.7 Å². The topological polar surface area (TPSA) is 65.6 Å². The number of hydrogen-bond acceptors (Lipinski definition) is 3. The standard InChI is InChI=1S/C21H21BrN2O3/c22-15-8-9-18-16(11-15)17(12-23-18)20(25)19-7-4-10-24(19)21(26)27-13-14-5-2-1-3-6-14/h1-3,5-6,8-9,11-12,19-20,23,25H,4,7,10,13H2/t19?,20-/m0/s1. The van der Waals surface area contributed by atoms with E-state index in [0.29, 0.717) is 6.54 Å². The Balaban J connectivity index is 1.50. The van der Waals surface area contributed by atoms with Crippen LogP contribution in [0.4, 0.5) is 4.79 Å². The van der Waals surface area contributed by atoms with Crippen LogP contribution in [0.25, 0.3) is 10.9 Å². The van der Waals surface area contributed by atoms with Gasteiger partial charge in [0.05, 0.1) is 6.04 Å². The van der Waals surface area contributed by atoms with E-state index in [2.05, 4.69) is 20.9 Å². The monoisotopic (exact) mass is 428 g/mol. The lowest BCUT2D eigenvalue weighted by molar-refractivity contribution is 0.0483. The molecule has 4 rings (SSSR count). The first-order valence-electron chi connectivity index (χ1n) is 9.05. The maximum Gasteiger partial charge on any atom is 0.410 e. The first-order chi connectivity index (χ1) is 13.1. The number of benzene rings is 2. The predicted octanol–water partition coefficient (Wildman–Crippen LogP) is 4.77. The zero-order chi connectivity index (χ0) is 18.8. The number of likely N-dealkylation sites (tertiary alicyclic amines) is 1. The number of hydrogen-bond donors (Lipinski definition) is 2. The van der Waals surface area contributed by atoms with Crippen molar-refractivity contribution in [1.29, 1.82) is 0 Å². The van der Waals surface area contributed by atoms with E-state index in [9.17, 15) is 9.90 Å². The van der Waals surface area contributed by atoms with Crippen molar-refractivity contribution in [2.75, 3.05) is 6.54 Å². The lowest BCUT2D eigenvalue weighted by atomic mass is 10.00. The Kier molecular flexibility index (Phi) is 5.18. The molecule has 2 N–H and O–H groups in total. The highest BCUT2D eigenvalue weighted by molar-refractivity contribution is 9.10. The van der Waals surface area contributed by atoms with Crippen molar-refractivity contribution in [2.45, 2.75) is 31.6 Å². The number of rotatable bonds is 4. The Morgan fingerprint density at radius 3 is 2.93 bits per heavy atom. The third-order valence-corrected chi connectivity index (χ3v) is 5.59. The van der Waals surface area contributed by atoms with E-state index in [1.165, 1.54) is 0 Å². The van der Waals surface area contributed by atoms with Crippen LogP contribution in [0.5, 0.6) is 0 Å². The molecule has 140 valence electrons. The second-order valence-electron chi connectivity index (χ2n) is 6.82. The molecule has 1 unspecified atom stereocenters. The summed E-state index contributed by atoms with van der Waals surface area (Å²) in [5.74, 6) is 0. The first kappa shape index (κ1) is 18.1. The number of aromatic amines is 1. The van der Waals surface area contributed by atoms with Crippen LogP contribution in [0.15, 0.2) is 59.2 Å². The van der Waals surface area contributed by atoms with Crippen molar-refractivity contribution in [1.82, 2.24) is 9.88 Å². The minimum Gasteiger partial charge on any atom is -0.445 e.